The van der Waals surface area contributed by atoms with E-state index in [1.54, 1.807) is 44.4 Å². The first-order valence-corrected chi connectivity index (χ1v) is 11.8. The number of hydrogen-bond donors (Lipinski definition) is 2. The van der Waals surface area contributed by atoms with Gasteiger partial charge in [0.15, 0.2) is 0 Å². The molecule has 2 aliphatic rings. The van der Waals surface area contributed by atoms with Gasteiger partial charge in [0.2, 0.25) is 0 Å². The number of aldehydes is 1. The number of halogens is 3. The fourth-order valence-corrected chi connectivity index (χ4v) is 6.81. The molecule has 1 saturated carbocycles. The highest BCUT2D eigenvalue weighted by molar-refractivity contribution is 6.31. The summed E-state index contributed by atoms with van der Waals surface area (Å²) in [6.45, 7) is 0. The van der Waals surface area contributed by atoms with Crippen LogP contribution in [0, 0.1) is 5.82 Å². The summed E-state index contributed by atoms with van der Waals surface area (Å²) >= 11 is 12.4. The Morgan fingerprint density at radius 2 is 1.91 bits per heavy atom. The summed E-state index contributed by atoms with van der Waals surface area (Å²) in [6.07, 6.45) is 4.79. The molecular formula is C25H27Cl2FN2O3. The Hall–Kier alpha value is -2.15. The number of benzene rings is 2. The molecule has 1 aliphatic carbocycles. The van der Waals surface area contributed by atoms with Gasteiger partial charge in [-0.3, -0.25) is 9.69 Å². The fourth-order valence-electron chi connectivity index (χ4n) is 6.46. The zero-order chi connectivity index (χ0) is 24.0. The first-order chi connectivity index (χ1) is 15.7. The van der Waals surface area contributed by atoms with Crippen molar-refractivity contribution >= 4 is 41.1 Å². The van der Waals surface area contributed by atoms with E-state index in [-0.39, 0.29) is 10.6 Å². The molecule has 2 aromatic rings. The van der Waals surface area contributed by atoms with Gasteiger partial charge in [0.1, 0.15) is 18.1 Å². The highest BCUT2D eigenvalue weighted by atomic mass is 35.5. The van der Waals surface area contributed by atoms with Crippen LogP contribution < -0.4 is 5.32 Å². The van der Waals surface area contributed by atoms with Gasteiger partial charge in [-0.15, -0.1) is 0 Å². The maximum Gasteiger partial charge on any atom is 0.321 e. The molecular weight excluding hydrogens is 466 g/mol. The average Bonchev–Trinajstić information content (AvgIpc) is 3.01. The first-order valence-electron chi connectivity index (χ1n) is 11.1. The summed E-state index contributed by atoms with van der Waals surface area (Å²) in [4.78, 5) is 27.9. The zero-order valence-corrected chi connectivity index (χ0v) is 20.1. The van der Waals surface area contributed by atoms with E-state index < -0.39 is 34.7 Å². The van der Waals surface area contributed by atoms with E-state index in [1.807, 2.05) is 4.90 Å². The number of likely N-dealkylation sites (N-methyl/N-ethyl adjacent to an activating group) is 1. The van der Waals surface area contributed by atoms with Crippen LogP contribution in [0.4, 0.5) is 10.1 Å². The SMILES string of the molecule is CNc1cc(Cl)ccc1[C@]1(C=O)[C@@H](c2cccc(Cl)c2F)[C@H](C(=O)O)N(C)C12CCCCC2. The minimum Gasteiger partial charge on any atom is -0.480 e. The minimum absolute atomic E-state index is 0.103. The molecule has 33 heavy (non-hydrogen) atoms. The Morgan fingerprint density at radius 1 is 1.21 bits per heavy atom. The Kier molecular flexibility index (Phi) is 6.47. The molecule has 5 nitrogen and oxygen atoms in total. The van der Waals surface area contributed by atoms with Crippen LogP contribution >= 0.6 is 23.2 Å². The largest absolute Gasteiger partial charge is 0.480 e. The van der Waals surface area contributed by atoms with Gasteiger partial charge in [-0.2, -0.15) is 0 Å². The summed E-state index contributed by atoms with van der Waals surface area (Å²) in [7, 11) is 3.48. The smallest absolute Gasteiger partial charge is 0.321 e. The van der Waals surface area contributed by atoms with Crippen molar-refractivity contribution in [1.29, 1.82) is 0 Å². The Bertz CT molecular complexity index is 1090. The molecule has 0 aromatic heterocycles. The van der Waals surface area contributed by atoms with Gasteiger partial charge < -0.3 is 15.2 Å². The number of carboxylic acids is 1. The maximum absolute atomic E-state index is 15.5. The monoisotopic (exact) mass is 492 g/mol. The first kappa shape index (κ1) is 24.0. The molecule has 1 spiro atoms. The quantitative estimate of drug-likeness (QED) is 0.539. The molecule has 0 unspecified atom stereocenters. The van der Waals surface area contributed by atoms with E-state index >= 15 is 4.39 Å². The number of nitrogens with one attached hydrogen (secondary N) is 1. The van der Waals surface area contributed by atoms with Crippen molar-refractivity contribution in [2.75, 3.05) is 19.4 Å². The number of anilines is 1. The van der Waals surface area contributed by atoms with Crippen molar-refractivity contribution in [2.24, 2.45) is 0 Å². The molecule has 4 rings (SSSR count). The van der Waals surface area contributed by atoms with E-state index in [9.17, 15) is 14.7 Å². The second kappa shape index (κ2) is 8.90. The van der Waals surface area contributed by atoms with Crippen LogP contribution in [0.25, 0.3) is 0 Å². The van der Waals surface area contributed by atoms with E-state index in [1.165, 1.54) is 6.07 Å². The summed E-state index contributed by atoms with van der Waals surface area (Å²) in [5.41, 5.74) is -0.791. The highest BCUT2D eigenvalue weighted by Crippen LogP contribution is 2.62. The number of aliphatic carboxylic acids is 1. The van der Waals surface area contributed by atoms with Crippen molar-refractivity contribution in [3.8, 4) is 0 Å². The predicted molar refractivity (Wildman–Crippen MR) is 128 cm³/mol. The van der Waals surface area contributed by atoms with E-state index in [0.717, 1.165) is 25.5 Å². The third-order valence-corrected chi connectivity index (χ3v) is 8.33. The van der Waals surface area contributed by atoms with Crippen molar-refractivity contribution in [2.45, 2.75) is 55.0 Å². The molecule has 1 heterocycles. The van der Waals surface area contributed by atoms with E-state index in [0.29, 0.717) is 29.1 Å². The molecule has 1 aliphatic heterocycles. The zero-order valence-electron chi connectivity index (χ0n) is 18.6. The lowest BCUT2D eigenvalue weighted by Gasteiger charge is -2.50. The number of rotatable bonds is 5. The molecule has 8 heteroatoms. The van der Waals surface area contributed by atoms with Crippen LogP contribution in [0.1, 0.15) is 49.1 Å². The van der Waals surface area contributed by atoms with Gasteiger partial charge in [0, 0.05) is 29.2 Å². The fraction of sp³-hybridized carbons (Fsp3) is 0.440. The van der Waals surface area contributed by atoms with Gasteiger partial charge in [-0.25, -0.2) is 4.39 Å². The van der Waals surface area contributed by atoms with Crippen molar-refractivity contribution in [1.82, 2.24) is 4.90 Å². The number of hydrogen-bond acceptors (Lipinski definition) is 4. The van der Waals surface area contributed by atoms with Crippen LogP contribution in [0.15, 0.2) is 36.4 Å². The topological polar surface area (TPSA) is 69.6 Å². The normalized spacial score (nSPS) is 26.9. The molecule has 2 aromatic carbocycles. The van der Waals surface area contributed by atoms with Crippen molar-refractivity contribution in [3.05, 3.63) is 63.4 Å². The van der Waals surface area contributed by atoms with Crippen LogP contribution in [0.2, 0.25) is 10.0 Å². The molecule has 2 N–H and O–H groups in total. The third-order valence-electron chi connectivity index (χ3n) is 7.80. The standard InChI is InChI=1S/C25H27Cl2FN2O3/c1-29-19-13-15(26)9-10-17(19)25(14-31)20(16-7-6-8-18(27)21(16)28)22(23(32)33)30(2)24(25)11-4-3-5-12-24/h6-10,13-14,20,22,29H,3-5,11-12H2,1-2H3,(H,32,33)/t20-,22+,25+/m0/s1. The number of carbonyl (C=O) groups is 2. The number of carbonyl (C=O) groups excluding carboxylic acids is 1. The van der Waals surface area contributed by atoms with Crippen LogP contribution in [-0.4, -0.2) is 47.9 Å². The van der Waals surface area contributed by atoms with E-state index in [2.05, 4.69) is 5.32 Å². The van der Waals surface area contributed by atoms with Crippen LogP contribution in [0.3, 0.4) is 0 Å². The highest BCUT2D eigenvalue weighted by Gasteiger charge is 2.70. The maximum atomic E-state index is 15.5. The van der Waals surface area contributed by atoms with Crippen LogP contribution in [-0.2, 0) is 15.0 Å². The molecule has 2 fully saturated rings. The molecule has 0 bridgehead atoms. The predicted octanol–water partition coefficient (Wildman–Crippen LogP) is 5.50. The van der Waals surface area contributed by atoms with Crippen molar-refractivity contribution < 1.29 is 19.1 Å². The molecule has 3 atom stereocenters. The molecule has 176 valence electrons. The molecule has 1 saturated heterocycles. The second-order valence-corrected chi connectivity index (χ2v) is 9.88. The van der Waals surface area contributed by atoms with E-state index in [4.69, 9.17) is 23.2 Å². The minimum atomic E-state index is -1.35. The summed E-state index contributed by atoms with van der Waals surface area (Å²) < 4.78 is 15.5. The Balaban J connectivity index is 2.14. The Labute approximate surface area is 202 Å². The lowest BCUT2D eigenvalue weighted by atomic mass is 9.55. The van der Waals surface area contributed by atoms with Gasteiger partial charge in [0.05, 0.1) is 10.4 Å². The lowest BCUT2D eigenvalue weighted by Crippen LogP contribution is -2.58. The summed E-state index contributed by atoms with van der Waals surface area (Å²) in [5, 5.41) is 13.9. The molecule has 0 amide bonds. The van der Waals surface area contributed by atoms with Gasteiger partial charge in [0.25, 0.3) is 0 Å². The number of nitrogens with zero attached hydrogens (tertiary/aromatic N) is 1. The second-order valence-electron chi connectivity index (χ2n) is 9.03. The summed E-state index contributed by atoms with van der Waals surface area (Å²) in [6, 6.07) is 8.63. The number of likely N-dealkylation sites (tertiary alicyclic amines) is 1. The lowest BCUT2D eigenvalue weighted by molar-refractivity contribution is -0.143. The third kappa shape index (κ3) is 3.37. The van der Waals surface area contributed by atoms with Gasteiger partial charge in [-0.05, 0) is 49.2 Å². The van der Waals surface area contributed by atoms with Gasteiger partial charge in [-0.1, -0.05) is 60.7 Å². The molecule has 0 radical (unpaired) electrons. The number of carboxylic acid groups (broad SMARTS) is 1. The van der Waals surface area contributed by atoms with Crippen molar-refractivity contribution in [3.63, 3.8) is 0 Å². The Morgan fingerprint density at radius 3 is 2.52 bits per heavy atom. The average molecular weight is 493 g/mol. The van der Waals surface area contributed by atoms with Crippen LogP contribution in [0.5, 0.6) is 0 Å². The van der Waals surface area contributed by atoms with Gasteiger partial charge >= 0.3 is 5.97 Å². The summed E-state index contributed by atoms with van der Waals surface area (Å²) in [5.74, 6) is -2.79.